The summed E-state index contributed by atoms with van der Waals surface area (Å²) >= 11 is 0. The van der Waals surface area contributed by atoms with Crippen molar-refractivity contribution in [2.75, 3.05) is 13.6 Å². The smallest absolute Gasteiger partial charge is 0.166 e. The van der Waals surface area contributed by atoms with Gasteiger partial charge in [0.1, 0.15) is 0 Å². The van der Waals surface area contributed by atoms with Crippen molar-refractivity contribution >= 4 is 0 Å². The summed E-state index contributed by atoms with van der Waals surface area (Å²) in [5.74, 6) is 0. The summed E-state index contributed by atoms with van der Waals surface area (Å²) in [4.78, 5) is 2.17. The fourth-order valence-corrected chi connectivity index (χ4v) is 2.02. The van der Waals surface area contributed by atoms with Crippen LogP contribution in [0, 0.1) is 0 Å². The van der Waals surface area contributed by atoms with E-state index in [0.717, 1.165) is 19.4 Å². The minimum atomic E-state index is -0.788. The predicted octanol–water partition coefficient (Wildman–Crippen LogP) is 0.348. The van der Waals surface area contributed by atoms with E-state index in [1.165, 1.54) is 0 Å². The summed E-state index contributed by atoms with van der Waals surface area (Å²) < 4.78 is 13.0. The molecule has 2 saturated heterocycles. The Labute approximate surface area is 60.4 Å². The second kappa shape index (κ2) is 2.17. The minimum Gasteiger partial charge on any atom is -0.295 e. The number of alkyl halides is 1. The van der Waals surface area contributed by atoms with Gasteiger partial charge in [-0.3, -0.25) is 10.2 Å². The van der Waals surface area contributed by atoms with Gasteiger partial charge in [-0.2, -0.15) is 0 Å². The monoisotopic (exact) mass is 144 g/mol. The molecule has 0 aliphatic carbocycles. The van der Waals surface area contributed by atoms with Crippen molar-refractivity contribution in [3.05, 3.63) is 0 Å². The van der Waals surface area contributed by atoms with Crippen LogP contribution >= 0.6 is 0 Å². The van der Waals surface area contributed by atoms with Gasteiger partial charge in [0.2, 0.25) is 0 Å². The van der Waals surface area contributed by atoms with E-state index in [2.05, 4.69) is 10.2 Å². The summed E-state index contributed by atoms with van der Waals surface area (Å²) in [6.07, 6.45) is 1.40. The number of fused-ring (bicyclic) bond motifs is 2. The molecule has 0 radical (unpaired) electrons. The third kappa shape index (κ3) is 0.772. The Hall–Kier alpha value is -0.150. The highest BCUT2D eigenvalue weighted by Crippen LogP contribution is 2.28. The zero-order chi connectivity index (χ0) is 7.14. The highest BCUT2D eigenvalue weighted by atomic mass is 19.1. The van der Waals surface area contributed by atoms with E-state index in [0.29, 0.717) is 6.04 Å². The van der Waals surface area contributed by atoms with Crippen LogP contribution < -0.4 is 5.32 Å². The van der Waals surface area contributed by atoms with E-state index in [-0.39, 0.29) is 6.04 Å². The van der Waals surface area contributed by atoms with E-state index in [1.807, 2.05) is 7.05 Å². The standard InChI is InChI=1S/C7H13FN2/c1-10-5-2-3-6(10)7(8)9-4-5/h5-7,9H,2-4H2,1H3. The number of halogens is 1. The number of nitrogens with zero attached hydrogens (tertiary/aromatic N) is 1. The van der Waals surface area contributed by atoms with Crippen molar-refractivity contribution in [1.29, 1.82) is 0 Å². The lowest BCUT2D eigenvalue weighted by Gasteiger charge is -2.34. The SMILES string of the molecule is CN1C2CCC1C(F)NC2. The molecule has 0 aromatic carbocycles. The van der Waals surface area contributed by atoms with Crippen LogP contribution in [-0.4, -0.2) is 36.9 Å². The van der Waals surface area contributed by atoms with Crippen LogP contribution in [0.25, 0.3) is 0 Å². The Morgan fingerprint density at radius 3 is 3.00 bits per heavy atom. The highest BCUT2D eigenvalue weighted by molar-refractivity contribution is 4.94. The number of hydrogen-bond donors (Lipinski definition) is 1. The molecule has 1 N–H and O–H groups in total. The molecule has 2 aliphatic heterocycles. The fourth-order valence-electron chi connectivity index (χ4n) is 2.02. The van der Waals surface area contributed by atoms with Crippen molar-refractivity contribution in [2.24, 2.45) is 0 Å². The van der Waals surface area contributed by atoms with E-state index in [9.17, 15) is 4.39 Å². The molecule has 2 fully saturated rings. The van der Waals surface area contributed by atoms with E-state index in [4.69, 9.17) is 0 Å². The van der Waals surface area contributed by atoms with Gasteiger partial charge >= 0.3 is 0 Å². The maximum atomic E-state index is 13.0. The molecule has 2 heterocycles. The number of nitrogens with one attached hydrogen (secondary N) is 1. The van der Waals surface area contributed by atoms with Gasteiger partial charge in [-0.05, 0) is 19.9 Å². The second-order valence-electron chi connectivity index (χ2n) is 3.27. The molecule has 0 spiro atoms. The van der Waals surface area contributed by atoms with Crippen LogP contribution in [0.4, 0.5) is 4.39 Å². The average molecular weight is 144 g/mol. The maximum Gasteiger partial charge on any atom is 0.166 e. The van der Waals surface area contributed by atoms with Crippen LogP contribution in [0.15, 0.2) is 0 Å². The molecule has 3 heteroatoms. The molecule has 2 aliphatic rings. The summed E-state index contributed by atoms with van der Waals surface area (Å²) in [6.45, 7) is 0.828. The van der Waals surface area contributed by atoms with Crippen LogP contribution in [0.1, 0.15) is 12.8 Å². The zero-order valence-corrected chi connectivity index (χ0v) is 6.18. The predicted molar refractivity (Wildman–Crippen MR) is 37.5 cm³/mol. The molecule has 3 unspecified atom stereocenters. The third-order valence-corrected chi connectivity index (χ3v) is 2.78. The number of hydrogen-bond acceptors (Lipinski definition) is 2. The summed E-state index contributed by atoms with van der Waals surface area (Å²) in [5.41, 5.74) is 0. The third-order valence-electron chi connectivity index (χ3n) is 2.78. The molecule has 10 heavy (non-hydrogen) atoms. The van der Waals surface area contributed by atoms with Crippen LogP contribution in [0.5, 0.6) is 0 Å². The molecule has 2 nitrogen and oxygen atoms in total. The first kappa shape index (κ1) is 6.55. The second-order valence-corrected chi connectivity index (χ2v) is 3.27. The molecule has 58 valence electrons. The lowest BCUT2D eigenvalue weighted by molar-refractivity contribution is 0.0768. The Bertz CT molecular complexity index is 140. The lowest BCUT2D eigenvalue weighted by atomic mass is 10.2. The van der Waals surface area contributed by atoms with Crippen molar-refractivity contribution in [3.63, 3.8) is 0 Å². The Balaban J connectivity index is 2.13. The van der Waals surface area contributed by atoms with Gasteiger partial charge in [0.15, 0.2) is 6.30 Å². The van der Waals surface area contributed by atoms with Gasteiger partial charge in [0.05, 0.1) is 6.04 Å². The molecule has 0 aromatic heterocycles. The molecule has 0 amide bonds. The Kier molecular flexibility index (Phi) is 1.42. The first-order valence-corrected chi connectivity index (χ1v) is 3.88. The Morgan fingerprint density at radius 2 is 2.30 bits per heavy atom. The molecule has 3 atom stereocenters. The topological polar surface area (TPSA) is 15.3 Å². The fraction of sp³-hybridized carbons (Fsp3) is 1.00. The van der Waals surface area contributed by atoms with Crippen molar-refractivity contribution in [3.8, 4) is 0 Å². The van der Waals surface area contributed by atoms with Crippen LogP contribution in [-0.2, 0) is 0 Å². The van der Waals surface area contributed by atoms with E-state index in [1.54, 1.807) is 0 Å². The van der Waals surface area contributed by atoms with Crippen molar-refractivity contribution < 1.29 is 4.39 Å². The highest BCUT2D eigenvalue weighted by Gasteiger charge is 2.39. The normalized spacial score (nSPS) is 48.0. The van der Waals surface area contributed by atoms with Gasteiger partial charge in [-0.15, -0.1) is 0 Å². The van der Waals surface area contributed by atoms with Gasteiger partial charge in [0.25, 0.3) is 0 Å². The summed E-state index contributed by atoms with van der Waals surface area (Å²) in [7, 11) is 2.02. The molecular weight excluding hydrogens is 131 g/mol. The Morgan fingerprint density at radius 1 is 1.50 bits per heavy atom. The van der Waals surface area contributed by atoms with Crippen molar-refractivity contribution in [1.82, 2.24) is 10.2 Å². The van der Waals surface area contributed by atoms with E-state index < -0.39 is 6.30 Å². The van der Waals surface area contributed by atoms with Gasteiger partial charge in [0, 0.05) is 12.6 Å². The average Bonchev–Trinajstić information content (AvgIpc) is 2.13. The first-order valence-electron chi connectivity index (χ1n) is 3.88. The molecule has 2 bridgehead atoms. The molecule has 0 aromatic rings. The van der Waals surface area contributed by atoms with Gasteiger partial charge in [-0.25, -0.2) is 4.39 Å². The lowest BCUT2D eigenvalue weighted by Crippen LogP contribution is -2.54. The largest absolute Gasteiger partial charge is 0.295 e. The molecule has 2 rings (SSSR count). The number of rotatable bonds is 0. The maximum absolute atomic E-state index is 13.0. The first-order chi connectivity index (χ1) is 4.79. The van der Waals surface area contributed by atoms with Crippen LogP contribution in [0.2, 0.25) is 0 Å². The summed E-state index contributed by atoms with van der Waals surface area (Å²) in [6, 6.07) is 0.746. The van der Waals surface area contributed by atoms with Crippen LogP contribution in [0.3, 0.4) is 0 Å². The number of likely N-dealkylation sites (N-methyl/N-ethyl adjacent to an activating group) is 1. The zero-order valence-electron chi connectivity index (χ0n) is 6.18. The van der Waals surface area contributed by atoms with Crippen molar-refractivity contribution in [2.45, 2.75) is 31.2 Å². The quantitative estimate of drug-likeness (QED) is 0.493. The number of piperazine rings is 1. The minimum absolute atomic E-state index is 0.152. The van der Waals surface area contributed by atoms with Gasteiger partial charge < -0.3 is 0 Å². The summed E-state index contributed by atoms with van der Waals surface area (Å²) in [5, 5.41) is 2.87. The van der Waals surface area contributed by atoms with Gasteiger partial charge in [-0.1, -0.05) is 0 Å². The molecule has 0 saturated carbocycles. The molecular formula is C7H13FN2. The van der Waals surface area contributed by atoms with E-state index >= 15 is 0 Å².